The van der Waals surface area contributed by atoms with Gasteiger partial charge < -0.3 is 13.9 Å². The van der Waals surface area contributed by atoms with Crippen LogP contribution in [-0.2, 0) is 16.1 Å². The molecule has 11 heteroatoms. The Morgan fingerprint density at radius 1 is 1.21 bits per heavy atom. The number of nitrogens with zero attached hydrogens (tertiary/aromatic N) is 2. The molecule has 2 heterocycles. The number of urea groups is 1. The molecule has 1 saturated heterocycles. The number of imide groups is 2. The maximum Gasteiger partial charge on any atom is 0.331 e. The van der Waals surface area contributed by atoms with Crippen LogP contribution in [0.1, 0.15) is 11.3 Å². The maximum absolute atomic E-state index is 12.7. The average molecular weight is 401 g/mol. The molecular weight excluding hydrogens is 386 g/mol. The van der Waals surface area contributed by atoms with E-state index in [0.717, 1.165) is 17.0 Å². The van der Waals surface area contributed by atoms with Crippen LogP contribution in [0.3, 0.4) is 0 Å². The molecule has 0 aliphatic carbocycles. The summed E-state index contributed by atoms with van der Waals surface area (Å²) in [5.74, 6) is -1.30. The third kappa shape index (κ3) is 3.78. The largest absolute Gasteiger partial charge is 0.493 e. The van der Waals surface area contributed by atoms with E-state index in [2.05, 4.69) is 0 Å². The molecule has 11 nitrogen and oxygen atoms in total. The lowest BCUT2D eigenvalue weighted by Gasteiger charge is -2.25. The Morgan fingerprint density at radius 2 is 1.90 bits per heavy atom. The topological polar surface area (TPSA) is 141 Å². The van der Waals surface area contributed by atoms with Crippen molar-refractivity contribution in [2.45, 2.75) is 6.54 Å². The summed E-state index contributed by atoms with van der Waals surface area (Å²) in [6, 6.07) is 4.59. The molecule has 29 heavy (non-hydrogen) atoms. The Balaban J connectivity index is 2.05. The highest BCUT2D eigenvalue weighted by Gasteiger charge is 2.36. The maximum atomic E-state index is 12.7. The first kappa shape index (κ1) is 19.6. The van der Waals surface area contributed by atoms with Crippen LogP contribution in [0, 0.1) is 10.1 Å². The van der Waals surface area contributed by atoms with E-state index in [9.17, 15) is 24.5 Å². The number of ether oxygens (including phenoxy) is 2. The van der Waals surface area contributed by atoms with Gasteiger partial charge in [0.05, 0.1) is 43.6 Å². The van der Waals surface area contributed by atoms with Gasteiger partial charge in [0.25, 0.3) is 17.5 Å². The quantitative estimate of drug-likeness (QED) is 0.335. The molecule has 1 aromatic carbocycles. The van der Waals surface area contributed by atoms with E-state index < -0.39 is 34.0 Å². The summed E-state index contributed by atoms with van der Waals surface area (Å²) in [7, 11) is 2.65. The van der Waals surface area contributed by atoms with Crippen molar-refractivity contribution in [2.24, 2.45) is 0 Å². The Morgan fingerprint density at radius 3 is 2.48 bits per heavy atom. The number of nitrogens with one attached hydrogen (secondary N) is 1. The van der Waals surface area contributed by atoms with Gasteiger partial charge in [0, 0.05) is 0 Å². The van der Waals surface area contributed by atoms with E-state index in [-0.39, 0.29) is 23.6 Å². The molecule has 0 saturated carbocycles. The number of nitro groups is 1. The SMILES string of the molecule is COc1cc(C=C2C(=O)NC(=O)N(Cc3ccco3)C2=O)c([N+](=O)[O-])cc1OC. The number of furan rings is 1. The number of methoxy groups -OCH3 is 2. The fourth-order valence-corrected chi connectivity index (χ4v) is 2.71. The van der Waals surface area contributed by atoms with Gasteiger partial charge in [-0.25, -0.2) is 4.79 Å². The summed E-state index contributed by atoms with van der Waals surface area (Å²) in [6.07, 6.45) is 2.40. The van der Waals surface area contributed by atoms with Gasteiger partial charge in [0.2, 0.25) is 0 Å². The second-order valence-electron chi connectivity index (χ2n) is 5.81. The summed E-state index contributed by atoms with van der Waals surface area (Å²) in [5.41, 5.74) is -0.935. The number of rotatable bonds is 6. The van der Waals surface area contributed by atoms with Gasteiger partial charge in [-0.2, -0.15) is 0 Å². The molecule has 1 N–H and O–H groups in total. The van der Waals surface area contributed by atoms with Crippen LogP contribution >= 0.6 is 0 Å². The molecule has 0 radical (unpaired) electrons. The molecule has 1 aliphatic rings. The van der Waals surface area contributed by atoms with Gasteiger partial charge in [-0.05, 0) is 24.3 Å². The lowest BCUT2D eigenvalue weighted by Crippen LogP contribution is -2.53. The van der Waals surface area contributed by atoms with Gasteiger partial charge >= 0.3 is 6.03 Å². The minimum absolute atomic E-state index is 0.0709. The summed E-state index contributed by atoms with van der Waals surface area (Å²) < 4.78 is 15.3. The Bertz CT molecular complexity index is 1030. The number of carbonyl (C=O) groups excluding carboxylic acids is 3. The average Bonchev–Trinajstić information content (AvgIpc) is 3.20. The molecule has 1 aromatic heterocycles. The van der Waals surface area contributed by atoms with Crippen molar-refractivity contribution < 1.29 is 33.2 Å². The lowest BCUT2D eigenvalue weighted by atomic mass is 10.0. The number of nitro benzene ring substituents is 1. The van der Waals surface area contributed by atoms with Crippen LogP contribution in [0.2, 0.25) is 0 Å². The summed E-state index contributed by atoms with van der Waals surface area (Å²) in [4.78, 5) is 48.5. The van der Waals surface area contributed by atoms with Crippen LogP contribution in [-0.4, -0.2) is 41.9 Å². The zero-order chi connectivity index (χ0) is 21.1. The van der Waals surface area contributed by atoms with Crippen molar-refractivity contribution in [3.05, 3.63) is 57.5 Å². The predicted molar refractivity (Wildman–Crippen MR) is 97.0 cm³/mol. The van der Waals surface area contributed by atoms with Crippen molar-refractivity contribution in [1.82, 2.24) is 10.2 Å². The molecule has 0 atom stereocenters. The first-order chi connectivity index (χ1) is 13.8. The first-order valence-electron chi connectivity index (χ1n) is 8.17. The number of barbiturate groups is 1. The van der Waals surface area contributed by atoms with Gasteiger partial charge in [0.1, 0.15) is 11.3 Å². The van der Waals surface area contributed by atoms with E-state index in [1.165, 1.54) is 26.5 Å². The van der Waals surface area contributed by atoms with Crippen LogP contribution in [0.15, 0.2) is 40.5 Å². The lowest BCUT2D eigenvalue weighted by molar-refractivity contribution is -0.385. The van der Waals surface area contributed by atoms with Crippen molar-refractivity contribution in [2.75, 3.05) is 14.2 Å². The van der Waals surface area contributed by atoms with Crippen LogP contribution in [0.4, 0.5) is 10.5 Å². The van der Waals surface area contributed by atoms with E-state index in [4.69, 9.17) is 13.9 Å². The Kier molecular flexibility index (Phi) is 5.30. The molecular formula is C18H15N3O8. The summed E-state index contributed by atoms with van der Waals surface area (Å²) in [5, 5.41) is 13.5. The highest BCUT2D eigenvalue weighted by molar-refractivity contribution is 6.31. The van der Waals surface area contributed by atoms with E-state index in [0.29, 0.717) is 5.76 Å². The molecule has 150 valence electrons. The number of amides is 4. The van der Waals surface area contributed by atoms with Crippen molar-refractivity contribution in [3.63, 3.8) is 0 Å². The van der Waals surface area contributed by atoms with Crippen molar-refractivity contribution >= 4 is 29.6 Å². The third-order valence-corrected chi connectivity index (χ3v) is 4.11. The molecule has 0 spiro atoms. The minimum Gasteiger partial charge on any atom is -0.493 e. The van der Waals surface area contributed by atoms with Gasteiger partial charge in [-0.15, -0.1) is 0 Å². The molecule has 0 bridgehead atoms. The zero-order valence-corrected chi connectivity index (χ0v) is 15.3. The van der Waals surface area contributed by atoms with E-state index in [1.807, 2.05) is 5.32 Å². The molecule has 1 aliphatic heterocycles. The van der Waals surface area contributed by atoms with Crippen molar-refractivity contribution in [1.29, 1.82) is 0 Å². The predicted octanol–water partition coefficient (Wildman–Crippen LogP) is 1.87. The van der Waals surface area contributed by atoms with E-state index in [1.54, 1.807) is 12.1 Å². The number of hydrogen-bond donors (Lipinski definition) is 1. The molecule has 3 rings (SSSR count). The molecule has 4 amide bonds. The Hall–Kier alpha value is -4.15. The first-order valence-corrected chi connectivity index (χ1v) is 8.17. The fourth-order valence-electron chi connectivity index (χ4n) is 2.71. The highest BCUT2D eigenvalue weighted by Crippen LogP contribution is 2.36. The number of hydrogen-bond acceptors (Lipinski definition) is 8. The second-order valence-corrected chi connectivity index (χ2v) is 5.81. The molecule has 0 unspecified atom stereocenters. The van der Waals surface area contributed by atoms with Crippen LogP contribution in [0.5, 0.6) is 11.5 Å². The normalized spacial score (nSPS) is 15.4. The highest BCUT2D eigenvalue weighted by atomic mass is 16.6. The standard InChI is InChI=1S/C18H15N3O8/c1-27-14-7-10(13(21(25)26)8-15(14)28-2)6-12-16(22)19-18(24)20(17(12)23)9-11-4-3-5-29-11/h3-8H,9H2,1-2H3,(H,19,22,24). The summed E-state index contributed by atoms with van der Waals surface area (Å²) in [6.45, 7) is -0.212. The van der Waals surface area contributed by atoms with E-state index >= 15 is 0 Å². The monoisotopic (exact) mass is 401 g/mol. The van der Waals surface area contributed by atoms with Gasteiger partial charge in [-0.1, -0.05) is 0 Å². The summed E-state index contributed by atoms with van der Waals surface area (Å²) >= 11 is 0. The van der Waals surface area contributed by atoms with Gasteiger partial charge in [-0.3, -0.25) is 29.9 Å². The van der Waals surface area contributed by atoms with Crippen LogP contribution < -0.4 is 14.8 Å². The van der Waals surface area contributed by atoms with Crippen LogP contribution in [0.25, 0.3) is 6.08 Å². The number of benzene rings is 1. The number of carbonyl (C=O) groups is 3. The molecule has 1 fully saturated rings. The minimum atomic E-state index is -0.972. The smallest absolute Gasteiger partial charge is 0.331 e. The van der Waals surface area contributed by atoms with Gasteiger partial charge in [0.15, 0.2) is 11.5 Å². The zero-order valence-electron chi connectivity index (χ0n) is 15.3. The fraction of sp³-hybridized carbons (Fsp3) is 0.167. The van der Waals surface area contributed by atoms with Crippen molar-refractivity contribution in [3.8, 4) is 11.5 Å². The third-order valence-electron chi connectivity index (χ3n) is 4.11. The Labute approximate surface area is 163 Å². The second kappa shape index (κ2) is 7.84. The molecule has 2 aromatic rings.